The molecule has 0 aliphatic carbocycles. The van der Waals surface area contributed by atoms with E-state index in [1.54, 1.807) is 11.3 Å². The molecule has 98 valence electrons. The Morgan fingerprint density at radius 1 is 1.50 bits per heavy atom. The highest BCUT2D eigenvalue weighted by atomic mass is 35.5. The van der Waals surface area contributed by atoms with E-state index in [0.717, 1.165) is 31.1 Å². The number of halogens is 1. The Morgan fingerprint density at radius 2 is 2.44 bits per heavy atom. The van der Waals surface area contributed by atoms with Crippen LogP contribution in [0.5, 0.6) is 0 Å². The van der Waals surface area contributed by atoms with E-state index in [-0.39, 0.29) is 12.4 Å². The fourth-order valence-corrected chi connectivity index (χ4v) is 2.86. The summed E-state index contributed by atoms with van der Waals surface area (Å²) in [6.45, 7) is 1.11. The standard InChI is InChI=1S/C12H15N3OS.ClH/c1-3-9(13-5-1)7-12-14-11(15-16-12)8-10-4-2-6-17-10;/h2,4,6,9,13H,1,3,5,7-8H2;1H. The third-order valence-electron chi connectivity index (χ3n) is 3.01. The van der Waals surface area contributed by atoms with Crippen molar-refractivity contribution in [2.24, 2.45) is 0 Å². The first-order valence-electron chi connectivity index (χ1n) is 5.97. The molecule has 0 amide bonds. The van der Waals surface area contributed by atoms with Crippen molar-refractivity contribution < 1.29 is 4.52 Å². The summed E-state index contributed by atoms with van der Waals surface area (Å²) in [6, 6.07) is 4.66. The van der Waals surface area contributed by atoms with Gasteiger partial charge in [-0.1, -0.05) is 11.2 Å². The summed E-state index contributed by atoms with van der Waals surface area (Å²) in [4.78, 5) is 5.71. The van der Waals surface area contributed by atoms with Crippen molar-refractivity contribution in [3.8, 4) is 0 Å². The zero-order chi connectivity index (χ0) is 11.5. The average Bonchev–Trinajstić information content (AvgIpc) is 3.02. The predicted octanol–water partition coefficient (Wildman–Crippen LogP) is 2.44. The van der Waals surface area contributed by atoms with Gasteiger partial charge in [-0.3, -0.25) is 0 Å². The largest absolute Gasteiger partial charge is 0.339 e. The maximum Gasteiger partial charge on any atom is 0.228 e. The third-order valence-corrected chi connectivity index (χ3v) is 3.88. The molecule has 1 saturated heterocycles. The predicted molar refractivity (Wildman–Crippen MR) is 73.4 cm³/mol. The van der Waals surface area contributed by atoms with Crippen molar-refractivity contribution in [2.45, 2.75) is 31.7 Å². The monoisotopic (exact) mass is 285 g/mol. The first-order valence-corrected chi connectivity index (χ1v) is 6.85. The van der Waals surface area contributed by atoms with Gasteiger partial charge in [0.25, 0.3) is 0 Å². The highest BCUT2D eigenvalue weighted by Crippen LogP contribution is 2.14. The number of rotatable bonds is 4. The molecule has 1 aliphatic heterocycles. The van der Waals surface area contributed by atoms with Crippen LogP contribution in [-0.2, 0) is 12.8 Å². The minimum atomic E-state index is 0. The number of thiophene rings is 1. The van der Waals surface area contributed by atoms with Crippen molar-refractivity contribution in [3.63, 3.8) is 0 Å². The Morgan fingerprint density at radius 3 is 3.17 bits per heavy atom. The van der Waals surface area contributed by atoms with Crippen LogP contribution >= 0.6 is 23.7 Å². The minimum absolute atomic E-state index is 0. The summed E-state index contributed by atoms with van der Waals surface area (Å²) in [7, 11) is 0. The van der Waals surface area contributed by atoms with Crippen LogP contribution in [0, 0.1) is 0 Å². The smallest absolute Gasteiger partial charge is 0.228 e. The van der Waals surface area contributed by atoms with Crippen molar-refractivity contribution in [2.75, 3.05) is 6.54 Å². The Balaban J connectivity index is 0.00000120. The van der Waals surface area contributed by atoms with E-state index in [1.807, 2.05) is 6.07 Å². The fourth-order valence-electron chi connectivity index (χ4n) is 2.16. The van der Waals surface area contributed by atoms with Gasteiger partial charge in [0.15, 0.2) is 5.82 Å². The molecule has 1 unspecified atom stereocenters. The SMILES string of the molecule is Cl.c1csc(Cc2noc(CC3CCCN3)n2)c1. The first kappa shape index (κ1) is 13.5. The van der Waals surface area contributed by atoms with Gasteiger partial charge in [-0.2, -0.15) is 4.98 Å². The van der Waals surface area contributed by atoms with Gasteiger partial charge in [-0.25, -0.2) is 0 Å². The molecule has 0 spiro atoms. The lowest BCUT2D eigenvalue weighted by atomic mass is 10.1. The minimum Gasteiger partial charge on any atom is -0.339 e. The van der Waals surface area contributed by atoms with Crippen LogP contribution in [-0.4, -0.2) is 22.7 Å². The van der Waals surface area contributed by atoms with Gasteiger partial charge < -0.3 is 9.84 Å². The molecule has 4 nitrogen and oxygen atoms in total. The second-order valence-electron chi connectivity index (χ2n) is 4.36. The van der Waals surface area contributed by atoms with Crippen molar-refractivity contribution in [1.29, 1.82) is 0 Å². The second-order valence-corrected chi connectivity index (χ2v) is 5.39. The Hall–Kier alpha value is -0.910. The Kier molecular flexibility index (Phi) is 4.74. The summed E-state index contributed by atoms with van der Waals surface area (Å²) in [5, 5.41) is 9.53. The highest BCUT2D eigenvalue weighted by molar-refractivity contribution is 7.09. The molecule has 1 N–H and O–H groups in total. The zero-order valence-electron chi connectivity index (χ0n) is 9.96. The fraction of sp³-hybridized carbons (Fsp3) is 0.500. The van der Waals surface area contributed by atoms with Crippen LogP contribution in [0.3, 0.4) is 0 Å². The Bertz CT molecular complexity index is 465. The molecule has 1 fully saturated rings. The molecule has 0 bridgehead atoms. The number of aromatic nitrogens is 2. The van der Waals surface area contributed by atoms with E-state index >= 15 is 0 Å². The van der Waals surface area contributed by atoms with Crippen LogP contribution in [0.25, 0.3) is 0 Å². The van der Waals surface area contributed by atoms with Gasteiger partial charge in [0.2, 0.25) is 5.89 Å². The molecular formula is C12H16ClN3OS. The number of hydrogen-bond donors (Lipinski definition) is 1. The Labute approximate surface area is 116 Å². The molecule has 3 rings (SSSR count). The normalized spacial score (nSPS) is 18.8. The molecule has 2 aromatic heterocycles. The second kappa shape index (κ2) is 6.31. The van der Waals surface area contributed by atoms with Gasteiger partial charge >= 0.3 is 0 Å². The lowest BCUT2D eigenvalue weighted by Gasteiger charge is -2.04. The van der Waals surface area contributed by atoms with E-state index in [2.05, 4.69) is 26.9 Å². The molecule has 1 aliphatic rings. The van der Waals surface area contributed by atoms with Gasteiger partial charge in [-0.05, 0) is 30.8 Å². The average molecular weight is 286 g/mol. The van der Waals surface area contributed by atoms with Crippen LogP contribution in [0.2, 0.25) is 0 Å². The summed E-state index contributed by atoms with van der Waals surface area (Å²) < 4.78 is 5.28. The van der Waals surface area contributed by atoms with Gasteiger partial charge in [0.1, 0.15) is 0 Å². The van der Waals surface area contributed by atoms with E-state index < -0.39 is 0 Å². The molecule has 3 heterocycles. The van der Waals surface area contributed by atoms with Crippen LogP contribution in [0.1, 0.15) is 29.4 Å². The number of hydrogen-bond acceptors (Lipinski definition) is 5. The van der Waals surface area contributed by atoms with Gasteiger partial charge in [0.05, 0.1) is 0 Å². The van der Waals surface area contributed by atoms with Crippen LogP contribution < -0.4 is 5.32 Å². The number of nitrogens with zero attached hydrogens (tertiary/aromatic N) is 2. The first-order chi connectivity index (χ1) is 8.40. The topological polar surface area (TPSA) is 51.0 Å². The van der Waals surface area contributed by atoms with E-state index in [0.29, 0.717) is 6.04 Å². The van der Waals surface area contributed by atoms with Crippen molar-refractivity contribution >= 4 is 23.7 Å². The molecule has 18 heavy (non-hydrogen) atoms. The molecule has 0 aromatic carbocycles. The van der Waals surface area contributed by atoms with E-state index in [4.69, 9.17) is 4.52 Å². The maximum absolute atomic E-state index is 5.28. The molecular weight excluding hydrogens is 270 g/mol. The number of nitrogens with one attached hydrogen (secondary N) is 1. The lowest BCUT2D eigenvalue weighted by Crippen LogP contribution is -2.23. The lowest BCUT2D eigenvalue weighted by molar-refractivity contribution is 0.360. The molecule has 1 atom stereocenters. The summed E-state index contributed by atoms with van der Waals surface area (Å²) in [5.74, 6) is 1.55. The van der Waals surface area contributed by atoms with Crippen molar-refractivity contribution in [1.82, 2.24) is 15.5 Å². The van der Waals surface area contributed by atoms with Crippen LogP contribution in [0.4, 0.5) is 0 Å². The quantitative estimate of drug-likeness (QED) is 0.937. The summed E-state index contributed by atoms with van der Waals surface area (Å²) in [6.07, 6.45) is 4.10. The zero-order valence-corrected chi connectivity index (χ0v) is 11.6. The van der Waals surface area contributed by atoms with E-state index in [9.17, 15) is 0 Å². The highest BCUT2D eigenvalue weighted by Gasteiger charge is 2.18. The van der Waals surface area contributed by atoms with Crippen LogP contribution in [0.15, 0.2) is 22.0 Å². The summed E-state index contributed by atoms with van der Waals surface area (Å²) in [5.41, 5.74) is 0. The van der Waals surface area contributed by atoms with E-state index in [1.165, 1.54) is 17.7 Å². The van der Waals surface area contributed by atoms with Gasteiger partial charge in [0, 0.05) is 23.8 Å². The summed E-state index contributed by atoms with van der Waals surface area (Å²) >= 11 is 1.73. The third kappa shape index (κ3) is 3.31. The maximum atomic E-state index is 5.28. The van der Waals surface area contributed by atoms with Gasteiger partial charge in [-0.15, -0.1) is 23.7 Å². The molecule has 2 aromatic rings. The molecule has 6 heteroatoms. The van der Waals surface area contributed by atoms with Crippen molar-refractivity contribution in [3.05, 3.63) is 34.1 Å². The molecule has 0 saturated carbocycles. The molecule has 0 radical (unpaired) electrons.